The molecule has 2 aromatic rings. The van der Waals surface area contributed by atoms with Gasteiger partial charge in [-0.25, -0.2) is 4.98 Å². The highest BCUT2D eigenvalue weighted by Gasteiger charge is 2.31. The summed E-state index contributed by atoms with van der Waals surface area (Å²) in [5.41, 5.74) is 8.63. The number of fused-ring (bicyclic) bond motifs is 1. The second-order valence-corrected chi connectivity index (χ2v) is 5.98. The van der Waals surface area contributed by atoms with Crippen molar-refractivity contribution in [2.75, 3.05) is 5.32 Å². The molecule has 5 heteroatoms. The van der Waals surface area contributed by atoms with Crippen molar-refractivity contribution in [2.24, 2.45) is 5.73 Å². The molecular weight excluding hydrogens is 264 g/mol. The topological polar surface area (TPSA) is 83.8 Å². The Bertz CT molecular complexity index is 735. The Morgan fingerprint density at radius 1 is 1.29 bits per heavy atom. The Kier molecular flexibility index (Phi) is 2.82. The molecule has 21 heavy (non-hydrogen) atoms. The van der Waals surface area contributed by atoms with Gasteiger partial charge in [-0.1, -0.05) is 24.3 Å². The van der Waals surface area contributed by atoms with E-state index in [1.54, 1.807) is 0 Å². The van der Waals surface area contributed by atoms with Crippen LogP contribution in [0.2, 0.25) is 0 Å². The molecule has 0 bridgehead atoms. The van der Waals surface area contributed by atoms with Crippen molar-refractivity contribution in [2.45, 2.75) is 37.3 Å². The van der Waals surface area contributed by atoms with Crippen molar-refractivity contribution in [1.29, 1.82) is 0 Å². The van der Waals surface area contributed by atoms with Crippen LogP contribution in [0.3, 0.4) is 0 Å². The smallest absolute Gasteiger partial charge is 0.252 e. The van der Waals surface area contributed by atoms with Crippen LogP contribution in [0.15, 0.2) is 35.1 Å². The number of benzene rings is 1. The predicted octanol–water partition coefficient (Wildman–Crippen LogP) is 1.68. The summed E-state index contributed by atoms with van der Waals surface area (Å²) in [6.07, 6.45) is 3.07. The molecule has 0 amide bonds. The zero-order chi connectivity index (χ0) is 14.4. The van der Waals surface area contributed by atoms with Gasteiger partial charge in [0.05, 0.1) is 6.04 Å². The summed E-state index contributed by atoms with van der Waals surface area (Å²) in [6.45, 7) is 0. The summed E-state index contributed by atoms with van der Waals surface area (Å²) in [4.78, 5) is 19.1. The van der Waals surface area contributed by atoms with E-state index in [0.717, 1.165) is 25.1 Å². The molecule has 1 fully saturated rings. The van der Waals surface area contributed by atoms with Gasteiger partial charge in [0.15, 0.2) is 0 Å². The quantitative estimate of drug-likeness (QED) is 0.800. The van der Waals surface area contributed by atoms with Crippen molar-refractivity contribution < 1.29 is 0 Å². The van der Waals surface area contributed by atoms with Crippen molar-refractivity contribution in [1.82, 2.24) is 9.97 Å². The lowest BCUT2D eigenvalue weighted by molar-refractivity contribution is 0.622. The highest BCUT2D eigenvalue weighted by Crippen LogP contribution is 2.38. The Morgan fingerprint density at radius 3 is 2.90 bits per heavy atom. The molecular formula is C16H18N4O. The van der Waals surface area contributed by atoms with Crippen LogP contribution >= 0.6 is 0 Å². The number of anilines is 1. The molecule has 4 rings (SSSR count). The van der Waals surface area contributed by atoms with Gasteiger partial charge in [-0.2, -0.15) is 0 Å². The third-order valence-corrected chi connectivity index (χ3v) is 4.30. The van der Waals surface area contributed by atoms with Crippen molar-refractivity contribution >= 4 is 5.82 Å². The Morgan fingerprint density at radius 2 is 2.10 bits per heavy atom. The fraction of sp³-hybridized carbons (Fsp3) is 0.375. The molecule has 0 radical (unpaired) electrons. The van der Waals surface area contributed by atoms with Crippen molar-refractivity contribution in [3.63, 3.8) is 0 Å². The maximum Gasteiger partial charge on any atom is 0.252 e. The van der Waals surface area contributed by atoms with Gasteiger partial charge < -0.3 is 16.0 Å². The Hall–Kier alpha value is -2.14. The molecule has 1 heterocycles. The molecule has 1 aromatic heterocycles. The standard InChI is InChI=1S/C16H18N4O/c17-12-7-10-3-1-2-4-11(10)15(12)18-13-8-14(21)20-16(19-13)9-5-6-9/h1-4,8-9,12,15H,5-7,17H2,(H2,18,19,20,21). The second-order valence-electron chi connectivity index (χ2n) is 5.98. The molecule has 1 aromatic carbocycles. The average molecular weight is 282 g/mol. The first-order chi connectivity index (χ1) is 10.2. The number of nitrogens with two attached hydrogens (primary N) is 1. The van der Waals surface area contributed by atoms with Crippen LogP contribution in [0.1, 0.15) is 41.8 Å². The molecule has 2 aliphatic rings. The molecule has 0 saturated heterocycles. The number of rotatable bonds is 3. The fourth-order valence-corrected chi connectivity index (χ4v) is 3.07. The van der Waals surface area contributed by atoms with E-state index < -0.39 is 0 Å². The summed E-state index contributed by atoms with van der Waals surface area (Å²) in [5.74, 6) is 1.84. The number of aromatic amines is 1. The Balaban J connectivity index is 1.65. The van der Waals surface area contributed by atoms with Crippen LogP contribution in [0.25, 0.3) is 0 Å². The SMILES string of the molecule is NC1Cc2ccccc2C1Nc1cc(=O)[nH]c(C2CC2)n1. The van der Waals surface area contributed by atoms with Gasteiger partial charge in [0.1, 0.15) is 11.6 Å². The van der Waals surface area contributed by atoms with E-state index in [1.165, 1.54) is 17.2 Å². The summed E-state index contributed by atoms with van der Waals surface area (Å²) >= 11 is 0. The summed E-state index contributed by atoms with van der Waals surface area (Å²) in [6, 6.07) is 9.79. The van der Waals surface area contributed by atoms with Gasteiger partial charge in [-0.15, -0.1) is 0 Å². The highest BCUT2D eigenvalue weighted by molar-refractivity contribution is 5.45. The van der Waals surface area contributed by atoms with Gasteiger partial charge in [0, 0.05) is 18.0 Å². The Labute approximate surface area is 122 Å². The second kappa shape index (κ2) is 4.70. The van der Waals surface area contributed by atoms with Crippen LogP contribution in [0.4, 0.5) is 5.82 Å². The minimum atomic E-state index is -0.103. The van der Waals surface area contributed by atoms with E-state index in [1.807, 2.05) is 12.1 Å². The van der Waals surface area contributed by atoms with E-state index in [4.69, 9.17) is 5.73 Å². The highest BCUT2D eigenvalue weighted by atomic mass is 16.1. The largest absolute Gasteiger partial charge is 0.361 e. The zero-order valence-corrected chi connectivity index (χ0v) is 11.7. The minimum Gasteiger partial charge on any atom is -0.361 e. The summed E-state index contributed by atoms with van der Waals surface area (Å²) in [5, 5.41) is 3.35. The first-order valence-electron chi connectivity index (χ1n) is 7.42. The fourth-order valence-electron chi connectivity index (χ4n) is 3.07. The summed E-state index contributed by atoms with van der Waals surface area (Å²) < 4.78 is 0. The van der Waals surface area contributed by atoms with Gasteiger partial charge >= 0.3 is 0 Å². The lowest BCUT2D eigenvalue weighted by Crippen LogP contribution is -2.30. The monoisotopic (exact) mass is 282 g/mol. The van der Waals surface area contributed by atoms with Crippen LogP contribution in [0.5, 0.6) is 0 Å². The van der Waals surface area contributed by atoms with Gasteiger partial charge in [-0.3, -0.25) is 4.79 Å². The number of aromatic nitrogens is 2. The van der Waals surface area contributed by atoms with Crippen molar-refractivity contribution in [3.8, 4) is 0 Å². The number of nitrogens with one attached hydrogen (secondary N) is 2. The zero-order valence-electron chi connectivity index (χ0n) is 11.7. The molecule has 108 valence electrons. The number of nitrogens with zero attached hydrogens (tertiary/aromatic N) is 1. The first-order valence-corrected chi connectivity index (χ1v) is 7.42. The van der Waals surface area contributed by atoms with Crippen LogP contribution in [-0.2, 0) is 6.42 Å². The average Bonchev–Trinajstić information content (AvgIpc) is 3.25. The normalized spacial score (nSPS) is 23.9. The van der Waals surface area contributed by atoms with Crippen LogP contribution < -0.4 is 16.6 Å². The van der Waals surface area contributed by atoms with E-state index in [9.17, 15) is 4.79 Å². The maximum absolute atomic E-state index is 11.8. The molecule has 1 saturated carbocycles. The van der Waals surface area contributed by atoms with Crippen LogP contribution in [0, 0.1) is 0 Å². The van der Waals surface area contributed by atoms with Gasteiger partial charge in [0.2, 0.25) is 0 Å². The molecule has 0 aliphatic heterocycles. The third kappa shape index (κ3) is 2.34. The van der Waals surface area contributed by atoms with E-state index in [2.05, 4.69) is 27.4 Å². The van der Waals surface area contributed by atoms with E-state index in [0.29, 0.717) is 11.7 Å². The van der Waals surface area contributed by atoms with E-state index in [-0.39, 0.29) is 17.6 Å². The lowest BCUT2D eigenvalue weighted by atomic mass is 10.1. The van der Waals surface area contributed by atoms with E-state index >= 15 is 0 Å². The molecule has 2 aliphatic carbocycles. The molecule has 5 nitrogen and oxygen atoms in total. The van der Waals surface area contributed by atoms with Crippen molar-refractivity contribution in [3.05, 3.63) is 57.6 Å². The minimum absolute atomic E-state index is 0.00728. The molecule has 2 atom stereocenters. The van der Waals surface area contributed by atoms with Gasteiger partial charge in [-0.05, 0) is 30.4 Å². The molecule has 2 unspecified atom stereocenters. The number of H-pyrrole nitrogens is 1. The molecule has 4 N–H and O–H groups in total. The van der Waals surface area contributed by atoms with Crippen LogP contribution in [-0.4, -0.2) is 16.0 Å². The third-order valence-electron chi connectivity index (χ3n) is 4.30. The number of hydrogen-bond donors (Lipinski definition) is 3. The maximum atomic E-state index is 11.8. The number of hydrogen-bond acceptors (Lipinski definition) is 4. The van der Waals surface area contributed by atoms with Gasteiger partial charge in [0.25, 0.3) is 5.56 Å². The predicted molar refractivity (Wildman–Crippen MR) is 81.3 cm³/mol. The summed E-state index contributed by atoms with van der Waals surface area (Å²) in [7, 11) is 0. The molecule has 0 spiro atoms. The lowest BCUT2D eigenvalue weighted by Gasteiger charge is -2.19. The first kappa shape index (κ1) is 12.6.